The van der Waals surface area contributed by atoms with Crippen molar-refractivity contribution in [2.24, 2.45) is 0 Å². The number of nitrogen functional groups attached to an aromatic ring is 1. The van der Waals surface area contributed by atoms with Gasteiger partial charge in [-0.2, -0.15) is 5.10 Å². The molecular formula is C15H13FN5O. The first-order chi connectivity index (χ1) is 10.5. The third kappa shape index (κ3) is 2.11. The number of fused-ring (bicyclic) bond motifs is 1. The molecule has 0 spiro atoms. The van der Waals surface area contributed by atoms with Crippen LogP contribution >= 0.6 is 0 Å². The van der Waals surface area contributed by atoms with Crippen LogP contribution in [0.3, 0.4) is 0 Å². The molecular weight excluding hydrogens is 285 g/mol. The summed E-state index contributed by atoms with van der Waals surface area (Å²) in [7, 11) is 0. The molecule has 2 aromatic heterocycles. The van der Waals surface area contributed by atoms with E-state index >= 15 is 0 Å². The minimum Gasteiger partial charge on any atom is -0.383 e. The van der Waals surface area contributed by atoms with E-state index in [1.807, 2.05) is 0 Å². The van der Waals surface area contributed by atoms with Gasteiger partial charge in [-0.3, -0.25) is 4.79 Å². The molecule has 0 saturated heterocycles. The van der Waals surface area contributed by atoms with Gasteiger partial charge in [0.15, 0.2) is 11.4 Å². The van der Waals surface area contributed by atoms with Gasteiger partial charge >= 0.3 is 0 Å². The minimum atomic E-state index is -0.599. The number of hydrogen-bond donors (Lipinski definition) is 1. The van der Waals surface area contributed by atoms with Gasteiger partial charge in [0.2, 0.25) is 0 Å². The van der Waals surface area contributed by atoms with Gasteiger partial charge in [-0.25, -0.2) is 19.0 Å². The fourth-order valence-corrected chi connectivity index (χ4v) is 2.34. The molecule has 0 atom stereocenters. The summed E-state index contributed by atoms with van der Waals surface area (Å²) in [5, 5.41) is 4.92. The first kappa shape index (κ1) is 14.1. The number of hydrogen-bond acceptors (Lipinski definition) is 5. The maximum absolute atomic E-state index is 14.0. The number of benzene rings is 1. The van der Waals surface area contributed by atoms with E-state index in [-0.39, 0.29) is 17.2 Å². The van der Waals surface area contributed by atoms with E-state index in [2.05, 4.69) is 22.0 Å². The van der Waals surface area contributed by atoms with Gasteiger partial charge in [0.1, 0.15) is 23.7 Å². The largest absolute Gasteiger partial charge is 0.383 e. The molecule has 0 amide bonds. The average Bonchev–Trinajstić information content (AvgIpc) is 2.87. The summed E-state index contributed by atoms with van der Waals surface area (Å²) < 4.78 is 15.6. The number of aromatic nitrogens is 4. The van der Waals surface area contributed by atoms with E-state index < -0.39 is 5.82 Å². The van der Waals surface area contributed by atoms with Crippen molar-refractivity contribution in [3.8, 4) is 11.3 Å². The Hall–Kier alpha value is -2.83. The molecule has 0 unspecified atom stereocenters. The summed E-state index contributed by atoms with van der Waals surface area (Å²) in [6.45, 7) is 5.44. The highest BCUT2D eigenvalue weighted by molar-refractivity contribution is 5.99. The minimum absolute atomic E-state index is 0.0360. The molecule has 0 aliphatic heterocycles. The monoisotopic (exact) mass is 298 g/mol. The second kappa shape index (κ2) is 5.18. The van der Waals surface area contributed by atoms with Crippen LogP contribution in [0.1, 0.15) is 17.3 Å². The van der Waals surface area contributed by atoms with Crippen molar-refractivity contribution in [3.05, 3.63) is 42.8 Å². The summed E-state index contributed by atoms with van der Waals surface area (Å²) in [6.07, 6.45) is 1.34. The maximum atomic E-state index is 14.0. The lowest BCUT2D eigenvalue weighted by molar-refractivity contribution is 0.101. The molecule has 0 bridgehead atoms. The molecule has 111 valence electrons. The van der Waals surface area contributed by atoms with Crippen LogP contribution in [0.25, 0.3) is 22.3 Å². The van der Waals surface area contributed by atoms with E-state index in [0.717, 1.165) is 0 Å². The van der Waals surface area contributed by atoms with Crippen LogP contribution in [-0.4, -0.2) is 25.5 Å². The van der Waals surface area contributed by atoms with Crippen molar-refractivity contribution in [1.82, 2.24) is 19.7 Å². The Bertz CT molecular complexity index is 887. The highest BCUT2D eigenvalue weighted by atomic mass is 19.1. The van der Waals surface area contributed by atoms with E-state index in [4.69, 9.17) is 5.73 Å². The number of Topliss-reactive ketones (excluding diaryl/α,β-unsaturated/α-hetero) is 1. The normalized spacial score (nSPS) is 11.0. The third-order valence-corrected chi connectivity index (χ3v) is 3.39. The average molecular weight is 298 g/mol. The molecule has 0 aliphatic carbocycles. The van der Waals surface area contributed by atoms with E-state index in [1.165, 1.54) is 25.4 Å². The first-order valence-electron chi connectivity index (χ1n) is 6.60. The molecule has 1 radical (unpaired) electrons. The van der Waals surface area contributed by atoms with Crippen LogP contribution in [0.2, 0.25) is 0 Å². The molecule has 0 fully saturated rings. The predicted octanol–water partition coefficient (Wildman–Crippen LogP) is 2.25. The lowest BCUT2D eigenvalue weighted by Crippen LogP contribution is -1.99. The number of carbonyl (C=O) groups is 1. The van der Waals surface area contributed by atoms with E-state index in [9.17, 15) is 9.18 Å². The zero-order valence-electron chi connectivity index (χ0n) is 11.9. The molecule has 22 heavy (non-hydrogen) atoms. The fraction of sp³-hybridized carbons (Fsp3) is 0.133. The molecule has 6 nitrogen and oxygen atoms in total. The molecule has 0 aliphatic rings. The van der Waals surface area contributed by atoms with Crippen LogP contribution in [0, 0.1) is 12.7 Å². The van der Waals surface area contributed by atoms with Crippen molar-refractivity contribution >= 4 is 22.6 Å². The lowest BCUT2D eigenvalue weighted by atomic mass is 10.0. The molecule has 1 aromatic carbocycles. The van der Waals surface area contributed by atoms with Crippen LogP contribution < -0.4 is 5.73 Å². The first-order valence-corrected chi connectivity index (χ1v) is 6.60. The Balaban J connectivity index is 2.27. The van der Waals surface area contributed by atoms with Crippen molar-refractivity contribution in [1.29, 1.82) is 0 Å². The van der Waals surface area contributed by atoms with E-state index in [0.29, 0.717) is 28.8 Å². The Labute approximate surface area is 125 Å². The summed E-state index contributed by atoms with van der Waals surface area (Å²) in [5.41, 5.74) is 7.44. The van der Waals surface area contributed by atoms with Gasteiger partial charge in [0.05, 0.1) is 10.9 Å². The quantitative estimate of drug-likeness (QED) is 0.749. The molecule has 7 heteroatoms. The van der Waals surface area contributed by atoms with Gasteiger partial charge in [0.25, 0.3) is 0 Å². The topological polar surface area (TPSA) is 86.7 Å². The summed E-state index contributed by atoms with van der Waals surface area (Å²) in [4.78, 5) is 19.4. The van der Waals surface area contributed by atoms with Crippen molar-refractivity contribution < 1.29 is 9.18 Å². The highest BCUT2D eigenvalue weighted by Gasteiger charge is 2.18. The van der Waals surface area contributed by atoms with Gasteiger partial charge in [-0.05, 0) is 26.0 Å². The Morgan fingerprint density at radius 3 is 2.82 bits per heavy atom. The van der Waals surface area contributed by atoms with Gasteiger partial charge in [-0.1, -0.05) is 6.07 Å². The van der Waals surface area contributed by atoms with Crippen LogP contribution in [0.4, 0.5) is 10.2 Å². The van der Waals surface area contributed by atoms with Crippen molar-refractivity contribution in [3.63, 3.8) is 0 Å². The fourth-order valence-electron chi connectivity index (χ4n) is 2.34. The Morgan fingerprint density at radius 2 is 2.18 bits per heavy atom. The van der Waals surface area contributed by atoms with Crippen molar-refractivity contribution in [2.45, 2.75) is 13.5 Å². The van der Waals surface area contributed by atoms with E-state index in [1.54, 1.807) is 10.7 Å². The number of nitrogens with two attached hydrogens (primary N) is 1. The summed E-state index contributed by atoms with van der Waals surface area (Å²) >= 11 is 0. The van der Waals surface area contributed by atoms with Crippen LogP contribution in [-0.2, 0) is 6.54 Å². The summed E-state index contributed by atoms with van der Waals surface area (Å²) in [6, 6.07) is 4.32. The maximum Gasteiger partial charge on any atom is 0.163 e. The molecule has 0 saturated carbocycles. The van der Waals surface area contributed by atoms with Crippen LogP contribution in [0.15, 0.2) is 24.5 Å². The third-order valence-electron chi connectivity index (χ3n) is 3.39. The summed E-state index contributed by atoms with van der Waals surface area (Å²) in [5.74, 6) is -0.673. The zero-order chi connectivity index (χ0) is 15.9. The smallest absolute Gasteiger partial charge is 0.163 e. The molecule has 2 heterocycles. The number of carbonyl (C=O) groups excluding carboxylic acids is 1. The standard InChI is InChI=1S/C15H13FN5O/c1-3-21-15-12(14(17)18-7-19-15)13(20-21)9-4-5-10(8(2)22)11(16)6-9/h4-7H,1,3H2,2H3,(H2,17,18,19). The van der Waals surface area contributed by atoms with Crippen molar-refractivity contribution in [2.75, 3.05) is 5.73 Å². The number of ketones is 1. The Morgan fingerprint density at radius 1 is 1.41 bits per heavy atom. The molecule has 3 rings (SSSR count). The van der Waals surface area contributed by atoms with Gasteiger partial charge < -0.3 is 5.73 Å². The predicted molar refractivity (Wildman–Crippen MR) is 80.5 cm³/mol. The van der Waals surface area contributed by atoms with Gasteiger partial charge in [0, 0.05) is 12.1 Å². The number of nitrogens with zero attached hydrogens (tertiary/aromatic N) is 4. The number of rotatable bonds is 3. The lowest BCUT2D eigenvalue weighted by Gasteiger charge is -2.03. The number of anilines is 1. The Kier molecular flexibility index (Phi) is 3.32. The molecule has 2 N–H and O–H groups in total. The second-order valence-electron chi connectivity index (χ2n) is 4.78. The SMILES string of the molecule is [CH2]Cn1nc(-c2ccc(C(C)=O)c(F)c2)c2c(N)ncnc21. The van der Waals surface area contributed by atoms with Gasteiger partial charge in [-0.15, -0.1) is 0 Å². The zero-order valence-corrected chi connectivity index (χ0v) is 11.9. The van der Waals surface area contributed by atoms with Crippen LogP contribution in [0.5, 0.6) is 0 Å². The second-order valence-corrected chi connectivity index (χ2v) is 4.78. The number of halogens is 1. The highest BCUT2D eigenvalue weighted by Crippen LogP contribution is 2.30. The molecule has 3 aromatic rings.